The van der Waals surface area contributed by atoms with E-state index in [1.165, 1.54) is 0 Å². The summed E-state index contributed by atoms with van der Waals surface area (Å²) in [6.07, 6.45) is 7.47. The van der Waals surface area contributed by atoms with Gasteiger partial charge in [0, 0.05) is 19.3 Å². The van der Waals surface area contributed by atoms with Gasteiger partial charge in [-0.25, -0.2) is 4.98 Å². The molecule has 0 saturated carbocycles. The molecule has 0 radical (unpaired) electrons. The molecule has 1 heterocycles. The molecule has 0 atom stereocenters. The van der Waals surface area contributed by atoms with Gasteiger partial charge in [0.25, 0.3) is 5.91 Å². The van der Waals surface area contributed by atoms with E-state index in [0.29, 0.717) is 5.69 Å². The molecule has 0 saturated heterocycles. The summed E-state index contributed by atoms with van der Waals surface area (Å²) in [4.78, 5) is 22.5. The minimum absolute atomic E-state index is 0.00407. The van der Waals surface area contributed by atoms with Crippen LogP contribution in [0, 0.1) is 6.92 Å². The Labute approximate surface area is 109 Å². The van der Waals surface area contributed by atoms with E-state index < -0.39 is 0 Å². The maximum absolute atomic E-state index is 12.3. The Kier molecular flexibility index (Phi) is 6.33. The fourth-order valence-electron chi connectivity index (χ4n) is 1.68. The molecule has 0 fully saturated rings. The van der Waals surface area contributed by atoms with Crippen molar-refractivity contribution in [3.8, 4) is 0 Å². The summed E-state index contributed by atoms with van der Waals surface area (Å²) in [6, 6.07) is 0. The number of carbonyl (C=O) groups excluding carboxylic acids is 1. The van der Waals surface area contributed by atoms with Gasteiger partial charge in [-0.05, 0) is 19.8 Å². The van der Waals surface area contributed by atoms with E-state index in [4.69, 9.17) is 0 Å². The van der Waals surface area contributed by atoms with Crippen molar-refractivity contribution in [2.24, 2.45) is 0 Å². The van der Waals surface area contributed by atoms with Crippen LogP contribution in [0.5, 0.6) is 0 Å². The molecular weight excluding hydrogens is 226 g/mol. The first-order valence-electron chi connectivity index (χ1n) is 6.77. The zero-order chi connectivity index (χ0) is 13.4. The van der Waals surface area contributed by atoms with Crippen molar-refractivity contribution in [2.75, 3.05) is 13.1 Å². The van der Waals surface area contributed by atoms with Crippen molar-refractivity contribution in [1.29, 1.82) is 0 Å². The van der Waals surface area contributed by atoms with Gasteiger partial charge in [0.2, 0.25) is 0 Å². The summed E-state index contributed by atoms with van der Waals surface area (Å²) < 4.78 is 0. The Hall–Kier alpha value is -1.45. The molecule has 0 bridgehead atoms. The molecule has 0 aliphatic rings. The predicted molar refractivity (Wildman–Crippen MR) is 72.5 cm³/mol. The summed E-state index contributed by atoms with van der Waals surface area (Å²) in [5.74, 6) is 0.00407. The largest absolute Gasteiger partial charge is 0.337 e. The summed E-state index contributed by atoms with van der Waals surface area (Å²) in [6.45, 7) is 7.76. The zero-order valence-corrected chi connectivity index (χ0v) is 11.6. The van der Waals surface area contributed by atoms with Gasteiger partial charge in [0.15, 0.2) is 0 Å². The molecule has 1 amide bonds. The van der Waals surface area contributed by atoms with Crippen molar-refractivity contribution < 1.29 is 4.79 Å². The third-order valence-corrected chi connectivity index (χ3v) is 2.85. The third-order valence-electron chi connectivity index (χ3n) is 2.85. The molecule has 0 unspecified atom stereocenters. The van der Waals surface area contributed by atoms with Crippen molar-refractivity contribution in [2.45, 2.75) is 46.5 Å². The Morgan fingerprint density at radius 1 is 1.11 bits per heavy atom. The normalized spacial score (nSPS) is 10.4. The second-order valence-electron chi connectivity index (χ2n) is 4.54. The highest BCUT2D eigenvalue weighted by Gasteiger charge is 2.16. The standard InChI is InChI=1S/C14H23N3O/c1-4-6-8-17(9-7-5-2)14(18)13-11-15-12(3)10-16-13/h10-11H,4-9H2,1-3H3. The van der Waals surface area contributed by atoms with Gasteiger partial charge in [-0.3, -0.25) is 9.78 Å². The zero-order valence-electron chi connectivity index (χ0n) is 11.6. The Bertz CT molecular complexity index is 354. The first-order valence-corrected chi connectivity index (χ1v) is 6.77. The van der Waals surface area contributed by atoms with E-state index in [1.54, 1.807) is 12.4 Å². The van der Waals surface area contributed by atoms with Gasteiger partial charge >= 0.3 is 0 Å². The Balaban J connectivity index is 2.70. The minimum atomic E-state index is 0.00407. The topological polar surface area (TPSA) is 46.1 Å². The van der Waals surface area contributed by atoms with Crippen molar-refractivity contribution in [3.05, 3.63) is 23.8 Å². The highest BCUT2D eigenvalue weighted by Crippen LogP contribution is 2.05. The number of aryl methyl sites for hydroxylation is 1. The second-order valence-corrected chi connectivity index (χ2v) is 4.54. The van der Waals surface area contributed by atoms with Crippen molar-refractivity contribution in [1.82, 2.24) is 14.9 Å². The molecule has 100 valence electrons. The lowest BCUT2D eigenvalue weighted by Crippen LogP contribution is -2.33. The highest BCUT2D eigenvalue weighted by molar-refractivity contribution is 5.91. The van der Waals surface area contributed by atoms with Crippen LogP contribution in [0.1, 0.15) is 55.7 Å². The number of aromatic nitrogens is 2. The van der Waals surface area contributed by atoms with Crippen LogP contribution in [-0.2, 0) is 0 Å². The van der Waals surface area contributed by atoms with E-state index in [9.17, 15) is 4.79 Å². The predicted octanol–water partition coefficient (Wildman–Crippen LogP) is 2.83. The average Bonchev–Trinajstić information content (AvgIpc) is 2.39. The molecular formula is C14H23N3O. The van der Waals surface area contributed by atoms with Gasteiger partial charge in [-0.1, -0.05) is 26.7 Å². The molecule has 18 heavy (non-hydrogen) atoms. The van der Waals surface area contributed by atoms with E-state index >= 15 is 0 Å². The minimum Gasteiger partial charge on any atom is -0.337 e. The van der Waals surface area contributed by atoms with Gasteiger partial charge < -0.3 is 4.90 Å². The number of unbranched alkanes of at least 4 members (excludes halogenated alkanes) is 2. The summed E-state index contributed by atoms with van der Waals surface area (Å²) in [5, 5.41) is 0. The van der Waals surface area contributed by atoms with Crippen LogP contribution in [0.3, 0.4) is 0 Å². The summed E-state index contributed by atoms with van der Waals surface area (Å²) in [7, 11) is 0. The van der Waals surface area contributed by atoms with Gasteiger partial charge in [0.05, 0.1) is 11.9 Å². The molecule has 1 aromatic rings. The van der Waals surface area contributed by atoms with Crippen molar-refractivity contribution in [3.63, 3.8) is 0 Å². The van der Waals surface area contributed by atoms with E-state index in [2.05, 4.69) is 23.8 Å². The molecule has 4 heteroatoms. The highest BCUT2D eigenvalue weighted by atomic mass is 16.2. The average molecular weight is 249 g/mol. The van der Waals surface area contributed by atoms with Crippen LogP contribution in [0.25, 0.3) is 0 Å². The van der Waals surface area contributed by atoms with Crippen LogP contribution < -0.4 is 0 Å². The van der Waals surface area contributed by atoms with Crippen LogP contribution in [0.15, 0.2) is 12.4 Å². The SMILES string of the molecule is CCCCN(CCCC)C(=O)c1cnc(C)cn1. The fraction of sp³-hybridized carbons (Fsp3) is 0.643. The lowest BCUT2D eigenvalue weighted by molar-refractivity contribution is 0.0744. The summed E-state index contributed by atoms with van der Waals surface area (Å²) >= 11 is 0. The molecule has 1 rings (SSSR count). The van der Waals surface area contributed by atoms with Gasteiger partial charge in [-0.2, -0.15) is 0 Å². The molecule has 4 nitrogen and oxygen atoms in total. The molecule has 0 aliphatic heterocycles. The smallest absolute Gasteiger partial charge is 0.274 e. The number of rotatable bonds is 7. The van der Waals surface area contributed by atoms with E-state index in [-0.39, 0.29) is 5.91 Å². The molecule has 1 aromatic heterocycles. The first-order chi connectivity index (χ1) is 8.69. The molecule has 0 aliphatic carbocycles. The summed E-state index contributed by atoms with van der Waals surface area (Å²) in [5.41, 5.74) is 1.29. The van der Waals surface area contributed by atoms with Crippen molar-refractivity contribution >= 4 is 5.91 Å². The fourth-order valence-corrected chi connectivity index (χ4v) is 1.68. The maximum atomic E-state index is 12.3. The number of hydrogen-bond acceptors (Lipinski definition) is 3. The number of carbonyl (C=O) groups is 1. The third kappa shape index (κ3) is 4.43. The quantitative estimate of drug-likeness (QED) is 0.746. The maximum Gasteiger partial charge on any atom is 0.274 e. The molecule has 0 aromatic carbocycles. The van der Waals surface area contributed by atoms with Crippen LogP contribution >= 0.6 is 0 Å². The van der Waals surface area contributed by atoms with E-state index in [1.807, 2.05) is 11.8 Å². The Morgan fingerprint density at radius 3 is 2.17 bits per heavy atom. The second kappa shape index (κ2) is 7.80. The van der Waals surface area contributed by atoms with Crippen LogP contribution in [-0.4, -0.2) is 33.9 Å². The lowest BCUT2D eigenvalue weighted by atomic mass is 10.2. The number of nitrogens with zero attached hydrogens (tertiary/aromatic N) is 3. The van der Waals surface area contributed by atoms with Gasteiger partial charge in [0.1, 0.15) is 5.69 Å². The monoisotopic (exact) mass is 249 g/mol. The lowest BCUT2D eigenvalue weighted by Gasteiger charge is -2.21. The molecule has 0 N–H and O–H groups in total. The molecule has 0 spiro atoms. The van der Waals surface area contributed by atoms with E-state index in [0.717, 1.165) is 44.5 Å². The number of amides is 1. The number of hydrogen-bond donors (Lipinski definition) is 0. The van der Waals surface area contributed by atoms with Crippen LogP contribution in [0.2, 0.25) is 0 Å². The van der Waals surface area contributed by atoms with Crippen LogP contribution in [0.4, 0.5) is 0 Å². The van der Waals surface area contributed by atoms with Gasteiger partial charge in [-0.15, -0.1) is 0 Å². The Morgan fingerprint density at radius 2 is 1.72 bits per heavy atom. The first kappa shape index (κ1) is 14.6.